The van der Waals surface area contributed by atoms with E-state index in [0.29, 0.717) is 0 Å². The van der Waals surface area contributed by atoms with Crippen LogP contribution in [0.15, 0.2) is 48.5 Å². The van der Waals surface area contributed by atoms with E-state index >= 15 is 0 Å². The lowest BCUT2D eigenvalue weighted by atomic mass is 9.98. The molecule has 0 fully saturated rings. The van der Waals surface area contributed by atoms with Gasteiger partial charge in [0.15, 0.2) is 6.04 Å². The normalized spacial score (nSPS) is 14.1. The van der Waals surface area contributed by atoms with Gasteiger partial charge in [-0.15, -0.1) is 0 Å². The van der Waals surface area contributed by atoms with Crippen LogP contribution in [0.5, 0.6) is 0 Å². The quantitative estimate of drug-likeness (QED) is 0.413. The molecule has 3 rings (SSSR count). The molecular formula is C26H31N3O8. The molecule has 37 heavy (non-hydrogen) atoms. The van der Waals surface area contributed by atoms with E-state index in [9.17, 15) is 29.4 Å². The number of imide groups is 1. The second-order valence-corrected chi connectivity index (χ2v) is 9.54. The van der Waals surface area contributed by atoms with Crippen molar-refractivity contribution in [1.29, 1.82) is 0 Å². The van der Waals surface area contributed by atoms with Gasteiger partial charge in [0.05, 0.1) is 6.61 Å². The standard InChI is InChI=1S/C26H31N3O8/c1-26(2,3)37-25(35)29(21(13-30)23(32)33)22(31)20(27)12-28-24(34)36-14-19-17-10-6-4-8-15(17)16-9-5-7-11-18(16)19/h4-11,19-21,30H,12-14,27H2,1-3H3,(H,28,34)(H,32,33)/t20-,21-/m0/s1. The Kier molecular flexibility index (Phi) is 8.51. The average Bonchev–Trinajstić information content (AvgIpc) is 3.16. The molecule has 1 aliphatic carbocycles. The Hall–Kier alpha value is -3.96. The van der Waals surface area contributed by atoms with Gasteiger partial charge in [-0.1, -0.05) is 48.5 Å². The van der Waals surface area contributed by atoms with Crippen molar-refractivity contribution in [2.75, 3.05) is 19.8 Å². The molecule has 2 aromatic carbocycles. The molecule has 3 amide bonds. The van der Waals surface area contributed by atoms with Crippen LogP contribution in [0.4, 0.5) is 9.59 Å². The maximum atomic E-state index is 12.9. The first-order valence-electron chi connectivity index (χ1n) is 11.7. The molecule has 0 heterocycles. The number of aliphatic hydroxyl groups excluding tert-OH is 1. The van der Waals surface area contributed by atoms with Gasteiger partial charge < -0.3 is 30.7 Å². The summed E-state index contributed by atoms with van der Waals surface area (Å²) in [6.07, 6.45) is -2.12. The highest BCUT2D eigenvalue weighted by atomic mass is 16.6. The molecule has 0 radical (unpaired) electrons. The smallest absolute Gasteiger partial charge is 0.417 e. The van der Waals surface area contributed by atoms with Crippen LogP contribution in [0, 0.1) is 0 Å². The zero-order valence-corrected chi connectivity index (χ0v) is 20.8. The largest absolute Gasteiger partial charge is 0.480 e. The summed E-state index contributed by atoms with van der Waals surface area (Å²) in [5.74, 6) is -2.94. The second-order valence-electron chi connectivity index (χ2n) is 9.54. The average molecular weight is 514 g/mol. The van der Waals surface area contributed by atoms with Crippen molar-refractivity contribution < 1.29 is 38.9 Å². The van der Waals surface area contributed by atoms with Crippen LogP contribution in [0.25, 0.3) is 11.1 Å². The topological polar surface area (TPSA) is 168 Å². The Bertz CT molecular complexity index is 1130. The zero-order chi connectivity index (χ0) is 27.3. The Balaban J connectivity index is 1.63. The minimum absolute atomic E-state index is 0.0404. The zero-order valence-electron chi connectivity index (χ0n) is 20.8. The summed E-state index contributed by atoms with van der Waals surface area (Å²) in [6.45, 7) is 3.13. The number of rotatable bonds is 8. The van der Waals surface area contributed by atoms with Gasteiger partial charge in [-0.05, 0) is 43.0 Å². The van der Waals surface area contributed by atoms with E-state index in [-0.39, 0.29) is 17.4 Å². The fraction of sp³-hybridized carbons (Fsp3) is 0.385. The number of aliphatic carboxylic acids is 1. The number of benzene rings is 2. The number of alkyl carbamates (subject to hydrolysis) is 1. The Morgan fingerprint density at radius 2 is 1.57 bits per heavy atom. The van der Waals surface area contributed by atoms with Crippen LogP contribution in [0.1, 0.15) is 37.8 Å². The molecule has 0 saturated carbocycles. The lowest BCUT2D eigenvalue weighted by molar-refractivity contribution is -0.151. The number of hydrogen-bond donors (Lipinski definition) is 4. The molecule has 0 spiro atoms. The summed E-state index contributed by atoms with van der Waals surface area (Å²) < 4.78 is 10.5. The van der Waals surface area contributed by atoms with E-state index in [0.717, 1.165) is 22.3 Å². The molecule has 2 atom stereocenters. The predicted octanol–water partition coefficient (Wildman–Crippen LogP) is 2.06. The van der Waals surface area contributed by atoms with Gasteiger partial charge in [-0.2, -0.15) is 0 Å². The lowest BCUT2D eigenvalue weighted by Gasteiger charge is -2.30. The third kappa shape index (κ3) is 6.43. The summed E-state index contributed by atoms with van der Waals surface area (Å²) in [7, 11) is 0. The molecule has 0 aromatic heterocycles. The minimum Gasteiger partial charge on any atom is -0.480 e. The lowest BCUT2D eigenvalue weighted by Crippen LogP contribution is -2.58. The van der Waals surface area contributed by atoms with Crippen LogP contribution in [-0.2, 0) is 19.1 Å². The number of nitrogens with zero attached hydrogens (tertiary/aromatic N) is 1. The number of ether oxygens (including phenoxy) is 2. The number of aliphatic hydroxyl groups is 1. The first-order valence-corrected chi connectivity index (χ1v) is 11.7. The summed E-state index contributed by atoms with van der Waals surface area (Å²) in [5, 5.41) is 21.2. The Morgan fingerprint density at radius 1 is 1.03 bits per heavy atom. The molecular weight excluding hydrogens is 482 g/mol. The predicted molar refractivity (Wildman–Crippen MR) is 133 cm³/mol. The number of nitrogens with two attached hydrogens (primary N) is 1. The van der Waals surface area contributed by atoms with E-state index in [2.05, 4.69) is 5.32 Å². The van der Waals surface area contributed by atoms with Crippen molar-refractivity contribution in [3.8, 4) is 11.1 Å². The van der Waals surface area contributed by atoms with E-state index in [1.165, 1.54) is 20.8 Å². The van der Waals surface area contributed by atoms with Crippen molar-refractivity contribution in [3.05, 3.63) is 59.7 Å². The van der Waals surface area contributed by atoms with Crippen molar-refractivity contribution in [2.24, 2.45) is 5.73 Å². The second kappa shape index (κ2) is 11.4. The summed E-state index contributed by atoms with van der Waals surface area (Å²) in [6, 6.07) is 12.2. The first-order chi connectivity index (χ1) is 17.4. The van der Waals surface area contributed by atoms with Gasteiger partial charge in [0.2, 0.25) is 0 Å². The van der Waals surface area contributed by atoms with E-state index in [1.54, 1.807) is 0 Å². The van der Waals surface area contributed by atoms with Gasteiger partial charge >= 0.3 is 18.2 Å². The number of carbonyl (C=O) groups excluding carboxylic acids is 3. The molecule has 2 aromatic rings. The summed E-state index contributed by atoms with van der Waals surface area (Å²) in [5.41, 5.74) is 9.01. The van der Waals surface area contributed by atoms with Gasteiger partial charge in [0, 0.05) is 12.5 Å². The number of carbonyl (C=O) groups is 4. The third-order valence-corrected chi connectivity index (χ3v) is 5.72. The van der Waals surface area contributed by atoms with Crippen LogP contribution >= 0.6 is 0 Å². The molecule has 11 nitrogen and oxygen atoms in total. The van der Waals surface area contributed by atoms with E-state index in [4.69, 9.17) is 15.2 Å². The number of hydrogen-bond acceptors (Lipinski definition) is 8. The highest BCUT2D eigenvalue weighted by Crippen LogP contribution is 2.44. The Labute approximate surface area is 214 Å². The highest BCUT2D eigenvalue weighted by Gasteiger charge is 2.39. The van der Waals surface area contributed by atoms with Gasteiger partial charge in [0.1, 0.15) is 18.2 Å². The number of fused-ring (bicyclic) bond motifs is 3. The molecule has 0 saturated heterocycles. The van der Waals surface area contributed by atoms with Crippen LogP contribution in [0.3, 0.4) is 0 Å². The molecule has 0 unspecified atom stereocenters. The SMILES string of the molecule is CC(C)(C)OC(=O)N(C(=O)[C@@H](N)CNC(=O)OCC1c2ccccc2-c2ccccc21)[C@@H](CO)C(=O)O. The van der Waals surface area contributed by atoms with E-state index in [1.807, 2.05) is 48.5 Å². The van der Waals surface area contributed by atoms with Crippen LogP contribution in [-0.4, -0.2) is 76.6 Å². The van der Waals surface area contributed by atoms with Gasteiger partial charge in [0.25, 0.3) is 5.91 Å². The van der Waals surface area contributed by atoms with Gasteiger partial charge in [-0.3, -0.25) is 4.79 Å². The van der Waals surface area contributed by atoms with Crippen molar-refractivity contribution >= 4 is 24.1 Å². The number of nitrogens with one attached hydrogen (secondary N) is 1. The molecule has 11 heteroatoms. The fourth-order valence-electron chi connectivity index (χ4n) is 4.06. The monoisotopic (exact) mass is 513 g/mol. The fourth-order valence-corrected chi connectivity index (χ4v) is 4.06. The van der Waals surface area contributed by atoms with Gasteiger partial charge in [-0.25, -0.2) is 19.3 Å². The third-order valence-electron chi connectivity index (χ3n) is 5.72. The number of amides is 3. The maximum absolute atomic E-state index is 12.9. The summed E-state index contributed by atoms with van der Waals surface area (Å²) in [4.78, 5) is 49.6. The minimum atomic E-state index is -1.91. The Morgan fingerprint density at radius 3 is 2.05 bits per heavy atom. The van der Waals surface area contributed by atoms with E-state index < -0.39 is 54.9 Å². The van der Waals surface area contributed by atoms with Crippen LogP contribution < -0.4 is 11.1 Å². The number of carboxylic acid groups (broad SMARTS) is 1. The molecule has 0 aliphatic heterocycles. The number of carboxylic acids is 1. The first kappa shape index (κ1) is 27.6. The highest BCUT2D eigenvalue weighted by molar-refractivity contribution is 5.99. The maximum Gasteiger partial charge on any atom is 0.417 e. The molecule has 198 valence electrons. The van der Waals surface area contributed by atoms with Crippen molar-refractivity contribution in [2.45, 2.75) is 44.4 Å². The molecule has 0 bridgehead atoms. The summed E-state index contributed by atoms with van der Waals surface area (Å²) >= 11 is 0. The molecule has 5 N–H and O–H groups in total. The van der Waals surface area contributed by atoms with Crippen molar-refractivity contribution in [1.82, 2.24) is 10.2 Å². The van der Waals surface area contributed by atoms with Crippen molar-refractivity contribution in [3.63, 3.8) is 0 Å². The van der Waals surface area contributed by atoms with Crippen LogP contribution in [0.2, 0.25) is 0 Å². The molecule has 1 aliphatic rings.